The number of carbonyl (C=O) groups excluding carboxylic acids is 1. The maximum Gasteiger partial charge on any atom is 0.224 e. The van der Waals surface area contributed by atoms with Crippen molar-refractivity contribution >= 4 is 11.7 Å². The van der Waals surface area contributed by atoms with Gasteiger partial charge in [0.05, 0.1) is 7.11 Å². The van der Waals surface area contributed by atoms with Gasteiger partial charge < -0.3 is 19.3 Å². The van der Waals surface area contributed by atoms with Crippen LogP contribution in [0.15, 0.2) is 30.6 Å². The third-order valence-electron chi connectivity index (χ3n) is 5.43. The molecule has 1 aliphatic rings. The van der Waals surface area contributed by atoms with Gasteiger partial charge in [0.25, 0.3) is 0 Å². The second-order valence-electron chi connectivity index (χ2n) is 7.81. The van der Waals surface area contributed by atoms with E-state index >= 15 is 0 Å². The molecule has 1 saturated heterocycles. The van der Waals surface area contributed by atoms with E-state index in [0.29, 0.717) is 30.3 Å². The number of unbranched alkanes of at least 4 members (excludes halogenated alkanes) is 2. The van der Waals surface area contributed by atoms with E-state index in [1.54, 1.807) is 7.11 Å². The van der Waals surface area contributed by atoms with Crippen molar-refractivity contribution in [2.45, 2.75) is 52.5 Å². The zero-order chi connectivity index (χ0) is 21.5. The molecule has 0 saturated carbocycles. The molecule has 7 heteroatoms. The highest BCUT2D eigenvalue weighted by Crippen LogP contribution is 2.32. The first-order chi connectivity index (χ1) is 14.5. The number of aromatic nitrogens is 2. The van der Waals surface area contributed by atoms with E-state index in [9.17, 15) is 4.79 Å². The number of hydrogen-bond donors (Lipinski definition) is 0. The van der Waals surface area contributed by atoms with Crippen LogP contribution in [0.5, 0.6) is 17.4 Å². The summed E-state index contributed by atoms with van der Waals surface area (Å²) < 4.78 is 11.4. The zero-order valence-corrected chi connectivity index (χ0v) is 18.4. The van der Waals surface area contributed by atoms with Crippen molar-refractivity contribution < 1.29 is 14.3 Å². The van der Waals surface area contributed by atoms with Crippen LogP contribution in [0.25, 0.3) is 0 Å². The number of aryl methyl sites for hydroxylation is 1. The van der Waals surface area contributed by atoms with Crippen molar-refractivity contribution in [3.63, 3.8) is 0 Å². The molecule has 1 amide bonds. The SMILES string of the molecule is CCCCCC(=O)N1CCN(c2cc(Oc3ccc(C)cc3OC)ncn2)C[C@@H]1C. The Hall–Kier alpha value is -2.83. The molecule has 0 radical (unpaired) electrons. The molecule has 7 nitrogen and oxygen atoms in total. The molecule has 0 bridgehead atoms. The van der Waals surface area contributed by atoms with E-state index in [4.69, 9.17) is 9.47 Å². The maximum absolute atomic E-state index is 12.5. The Balaban J connectivity index is 1.65. The summed E-state index contributed by atoms with van der Waals surface area (Å²) in [5.74, 6) is 2.81. The third-order valence-corrected chi connectivity index (χ3v) is 5.43. The number of nitrogens with zero attached hydrogens (tertiary/aromatic N) is 4. The van der Waals surface area contributed by atoms with Gasteiger partial charge in [-0.3, -0.25) is 4.79 Å². The molecule has 3 rings (SSSR count). The lowest BCUT2D eigenvalue weighted by molar-refractivity contribution is -0.133. The first kappa shape index (κ1) is 21.9. The first-order valence-electron chi connectivity index (χ1n) is 10.7. The standard InChI is InChI=1S/C23H32N4O3/c1-5-6-7-8-23(28)27-12-11-26(15-18(27)3)21-14-22(25-16-24-21)30-19-10-9-17(2)13-20(19)29-4/h9-10,13-14,16,18H,5-8,11-12,15H2,1-4H3/t18-/m0/s1. The van der Waals surface area contributed by atoms with Gasteiger partial charge in [-0.05, 0) is 38.0 Å². The number of amides is 1. The van der Waals surface area contributed by atoms with Gasteiger partial charge >= 0.3 is 0 Å². The Morgan fingerprint density at radius 1 is 1.17 bits per heavy atom. The van der Waals surface area contributed by atoms with E-state index in [2.05, 4.69) is 28.7 Å². The highest BCUT2D eigenvalue weighted by Gasteiger charge is 2.28. The fourth-order valence-electron chi connectivity index (χ4n) is 3.74. The number of rotatable bonds is 8. The summed E-state index contributed by atoms with van der Waals surface area (Å²) in [6, 6.07) is 7.75. The maximum atomic E-state index is 12.5. The van der Waals surface area contributed by atoms with Crippen LogP contribution in [0.1, 0.15) is 45.1 Å². The highest BCUT2D eigenvalue weighted by atomic mass is 16.5. The predicted octanol–water partition coefficient (Wildman–Crippen LogP) is 4.20. The minimum absolute atomic E-state index is 0.143. The zero-order valence-electron chi connectivity index (χ0n) is 18.4. The second-order valence-corrected chi connectivity index (χ2v) is 7.81. The Bertz CT molecular complexity index is 858. The minimum Gasteiger partial charge on any atom is -0.493 e. The molecule has 0 unspecified atom stereocenters. The molecule has 2 aromatic rings. The number of benzene rings is 1. The quantitative estimate of drug-likeness (QED) is 0.605. The average Bonchev–Trinajstić information content (AvgIpc) is 2.75. The van der Waals surface area contributed by atoms with Crippen molar-refractivity contribution in [2.24, 2.45) is 0 Å². The van der Waals surface area contributed by atoms with Crippen molar-refractivity contribution in [3.05, 3.63) is 36.2 Å². The van der Waals surface area contributed by atoms with Crippen LogP contribution in [0.3, 0.4) is 0 Å². The van der Waals surface area contributed by atoms with E-state index in [0.717, 1.165) is 43.7 Å². The van der Waals surface area contributed by atoms with Crippen molar-refractivity contribution in [3.8, 4) is 17.4 Å². The summed E-state index contributed by atoms with van der Waals surface area (Å²) in [5.41, 5.74) is 1.10. The lowest BCUT2D eigenvalue weighted by Crippen LogP contribution is -2.54. The molecular formula is C23H32N4O3. The fourth-order valence-corrected chi connectivity index (χ4v) is 3.74. The van der Waals surface area contributed by atoms with Crippen LogP contribution in [0.4, 0.5) is 5.82 Å². The van der Waals surface area contributed by atoms with E-state index < -0.39 is 0 Å². The van der Waals surface area contributed by atoms with Gasteiger partial charge in [0.1, 0.15) is 12.1 Å². The van der Waals surface area contributed by atoms with Gasteiger partial charge in [-0.2, -0.15) is 0 Å². The Kier molecular flexibility index (Phi) is 7.49. The summed E-state index contributed by atoms with van der Waals surface area (Å²) in [6.45, 7) is 8.45. The van der Waals surface area contributed by atoms with Crippen molar-refractivity contribution in [1.82, 2.24) is 14.9 Å². The largest absolute Gasteiger partial charge is 0.493 e. The molecule has 0 spiro atoms. The van der Waals surface area contributed by atoms with Crippen LogP contribution < -0.4 is 14.4 Å². The molecular weight excluding hydrogens is 380 g/mol. The van der Waals surface area contributed by atoms with Crippen molar-refractivity contribution in [1.29, 1.82) is 0 Å². The molecule has 1 fully saturated rings. The van der Waals surface area contributed by atoms with Crippen molar-refractivity contribution in [2.75, 3.05) is 31.6 Å². The Labute approximate surface area is 179 Å². The van der Waals surface area contributed by atoms with Gasteiger partial charge in [0.2, 0.25) is 11.8 Å². The molecule has 30 heavy (non-hydrogen) atoms. The molecule has 1 atom stereocenters. The van der Waals surface area contributed by atoms with Gasteiger partial charge in [-0.15, -0.1) is 0 Å². The summed E-state index contributed by atoms with van der Waals surface area (Å²) in [5, 5.41) is 0. The van der Waals surface area contributed by atoms with Crippen LogP contribution in [-0.2, 0) is 4.79 Å². The molecule has 0 N–H and O–H groups in total. The molecule has 1 aliphatic heterocycles. The highest BCUT2D eigenvalue weighted by molar-refractivity contribution is 5.76. The smallest absolute Gasteiger partial charge is 0.224 e. The minimum atomic E-state index is 0.143. The summed E-state index contributed by atoms with van der Waals surface area (Å²) in [6.07, 6.45) is 5.36. The van der Waals surface area contributed by atoms with Crippen LogP contribution in [0.2, 0.25) is 0 Å². The van der Waals surface area contributed by atoms with Crippen LogP contribution in [0, 0.1) is 6.92 Å². The summed E-state index contributed by atoms with van der Waals surface area (Å²) >= 11 is 0. The topological polar surface area (TPSA) is 67.8 Å². The predicted molar refractivity (Wildman–Crippen MR) is 117 cm³/mol. The van der Waals surface area contributed by atoms with Crippen LogP contribution >= 0.6 is 0 Å². The molecule has 1 aromatic carbocycles. The van der Waals surface area contributed by atoms with Gasteiger partial charge in [-0.1, -0.05) is 25.8 Å². The van der Waals surface area contributed by atoms with E-state index in [1.807, 2.05) is 36.1 Å². The monoisotopic (exact) mass is 412 g/mol. The Morgan fingerprint density at radius 3 is 2.73 bits per heavy atom. The second kappa shape index (κ2) is 10.3. The normalized spacial score (nSPS) is 16.5. The number of methoxy groups -OCH3 is 1. The fraction of sp³-hybridized carbons (Fsp3) is 0.522. The number of ether oxygens (including phenoxy) is 2. The van der Waals surface area contributed by atoms with Gasteiger partial charge in [-0.25, -0.2) is 9.97 Å². The van der Waals surface area contributed by atoms with E-state index in [1.165, 1.54) is 6.33 Å². The summed E-state index contributed by atoms with van der Waals surface area (Å²) in [7, 11) is 1.62. The summed E-state index contributed by atoms with van der Waals surface area (Å²) in [4.78, 5) is 25.4. The molecule has 0 aliphatic carbocycles. The Morgan fingerprint density at radius 2 is 2.00 bits per heavy atom. The molecule has 2 heterocycles. The van der Waals surface area contributed by atoms with Gasteiger partial charge in [0.15, 0.2) is 11.5 Å². The van der Waals surface area contributed by atoms with Crippen LogP contribution in [-0.4, -0.2) is 53.6 Å². The number of anilines is 1. The lowest BCUT2D eigenvalue weighted by Gasteiger charge is -2.40. The lowest BCUT2D eigenvalue weighted by atomic mass is 10.1. The molecule has 162 valence electrons. The average molecular weight is 413 g/mol. The third kappa shape index (κ3) is 5.40. The first-order valence-corrected chi connectivity index (χ1v) is 10.7. The molecule has 1 aromatic heterocycles. The van der Waals surface area contributed by atoms with E-state index in [-0.39, 0.29) is 11.9 Å². The number of carbonyl (C=O) groups is 1. The van der Waals surface area contributed by atoms with Gasteiger partial charge in [0, 0.05) is 38.2 Å². The number of hydrogen-bond acceptors (Lipinski definition) is 6. The number of piperazine rings is 1.